The van der Waals surface area contributed by atoms with E-state index in [2.05, 4.69) is 21.6 Å². The average molecular weight is 327 g/mol. The molecule has 24 heavy (non-hydrogen) atoms. The molecular weight excluding hydrogens is 306 g/mol. The summed E-state index contributed by atoms with van der Waals surface area (Å²) in [4.78, 5) is 14.2. The van der Waals surface area contributed by atoms with Gasteiger partial charge in [0.2, 0.25) is 0 Å². The Balaban J connectivity index is 1.60. The fourth-order valence-corrected chi connectivity index (χ4v) is 2.82. The first-order valence-corrected chi connectivity index (χ1v) is 7.92. The van der Waals surface area contributed by atoms with Crippen molar-refractivity contribution >= 4 is 11.6 Å². The third kappa shape index (κ3) is 3.40. The highest BCUT2D eigenvalue weighted by molar-refractivity contribution is 5.77. The summed E-state index contributed by atoms with van der Waals surface area (Å²) in [6.07, 6.45) is 4.46. The number of aromatic hydroxyl groups is 1. The van der Waals surface area contributed by atoms with Gasteiger partial charge in [-0.3, -0.25) is 0 Å². The number of phenolic OH excluding ortho intramolecular Hbond substituents is 1. The number of urea groups is 1. The van der Waals surface area contributed by atoms with E-state index in [0.717, 1.165) is 17.8 Å². The minimum absolute atomic E-state index is 0.105. The van der Waals surface area contributed by atoms with Crippen LogP contribution in [0.1, 0.15) is 30.8 Å². The number of benzene rings is 1. The molecule has 3 rings (SSSR count). The summed E-state index contributed by atoms with van der Waals surface area (Å²) in [6, 6.07) is 6.84. The second kappa shape index (κ2) is 6.74. The molecule has 0 aliphatic carbocycles. The predicted octanol–water partition coefficient (Wildman–Crippen LogP) is 2.08. The van der Waals surface area contributed by atoms with E-state index in [1.165, 1.54) is 5.57 Å². The molecule has 1 aromatic carbocycles. The van der Waals surface area contributed by atoms with E-state index in [9.17, 15) is 9.90 Å². The van der Waals surface area contributed by atoms with Crippen molar-refractivity contribution in [3.63, 3.8) is 0 Å². The Labute approximate surface area is 140 Å². The number of nitrogens with zero attached hydrogens (tertiary/aromatic N) is 4. The van der Waals surface area contributed by atoms with Gasteiger partial charge in [0.15, 0.2) is 5.82 Å². The maximum atomic E-state index is 12.4. The zero-order valence-corrected chi connectivity index (χ0v) is 13.8. The summed E-state index contributed by atoms with van der Waals surface area (Å²) >= 11 is 0. The van der Waals surface area contributed by atoms with Gasteiger partial charge in [-0.2, -0.15) is 0 Å². The van der Waals surface area contributed by atoms with Crippen LogP contribution in [0.25, 0.3) is 5.57 Å². The van der Waals surface area contributed by atoms with Gasteiger partial charge >= 0.3 is 6.03 Å². The normalized spacial score (nSPS) is 15.8. The first kappa shape index (κ1) is 16.0. The molecule has 1 aromatic heterocycles. The Morgan fingerprint density at radius 1 is 1.33 bits per heavy atom. The molecule has 1 atom stereocenters. The summed E-state index contributed by atoms with van der Waals surface area (Å²) in [6.45, 7) is 3.11. The molecule has 0 saturated carbocycles. The summed E-state index contributed by atoms with van der Waals surface area (Å²) in [5.74, 6) is 0.981. The molecule has 0 unspecified atom stereocenters. The highest BCUT2D eigenvalue weighted by Gasteiger charge is 2.21. The van der Waals surface area contributed by atoms with Gasteiger partial charge in [0.1, 0.15) is 12.1 Å². The molecule has 0 saturated heterocycles. The number of rotatable bonds is 3. The highest BCUT2D eigenvalue weighted by atomic mass is 16.3. The third-order valence-corrected chi connectivity index (χ3v) is 4.21. The molecule has 2 aromatic rings. The third-order valence-electron chi connectivity index (χ3n) is 4.21. The number of aromatic nitrogens is 3. The largest absolute Gasteiger partial charge is 0.508 e. The molecule has 2 heterocycles. The zero-order valence-electron chi connectivity index (χ0n) is 13.8. The fourth-order valence-electron chi connectivity index (χ4n) is 2.82. The average Bonchev–Trinajstić information content (AvgIpc) is 3.02. The molecule has 2 N–H and O–H groups in total. The van der Waals surface area contributed by atoms with Gasteiger partial charge in [-0.1, -0.05) is 18.2 Å². The number of amides is 2. The number of phenols is 1. The summed E-state index contributed by atoms with van der Waals surface area (Å²) in [5.41, 5.74) is 2.28. The van der Waals surface area contributed by atoms with E-state index < -0.39 is 0 Å². The number of carbonyl (C=O) groups is 1. The Morgan fingerprint density at radius 3 is 2.67 bits per heavy atom. The van der Waals surface area contributed by atoms with Crippen molar-refractivity contribution in [2.45, 2.75) is 19.4 Å². The molecule has 7 heteroatoms. The van der Waals surface area contributed by atoms with E-state index >= 15 is 0 Å². The smallest absolute Gasteiger partial charge is 0.318 e. The van der Waals surface area contributed by atoms with Crippen LogP contribution in [-0.4, -0.2) is 43.9 Å². The predicted molar refractivity (Wildman–Crippen MR) is 90.2 cm³/mol. The second-order valence-electron chi connectivity index (χ2n) is 5.94. The maximum absolute atomic E-state index is 12.4. The van der Waals surface area contributed by atoms with Crippen LogP contribution in [0, 0.1) is 0 Å². The van der Waals surface area contributed by atoms with E-state index in [0.29, 0.717) is 13.1 Å². The van der Waals surface area contributed by atoms with E-state index in [1.54, 1.807) is 27.9 Å². The fraction of sp³-hybridized carbons (Fsp3) is 0.353. The lowest BCUT2D eigenvalue weighted by atomic mass is 9.99. The van der Waals surface area contributed by atoms with Gasteiger partial charge in [-0.15, -0.1) is 10.2 Å². The van der Waals surface area contributed by atoms with Crippen LogP contribution in [0.15, 0.2) is 36.7 Å². The van der Waals surface area contributed by atoms with Crippen molar-refractivity contribution < 1.29 is 9.90 Å². The van der Waals surface area contributed by atoms with Crippen LogP contribution in [0.5, 0.6) is 5.75 Å². The maximum Gasteiger partial charge on any atom is 0.318 e. The Morgan fingerprint density at radius 2 is 2.08 bits per heavy atom. The van der Waals surface area contributed by atoms with Crippen LogP contribution < -0.4 is 5.32 Å². The molecule has 2 amide bonds. The molecule has 1 aliphatic heterocycles. The summed E-state index contributed by atoms with van der Waals surface area (Å²) in [5, 5.41) is 20.2. The molecular formula is C17H21N5O2. The molecule has 7 nitrogen and oxygen atoms in total. The monoisotopic (exact) mass is 327 g/mol. The zero-order chi connectivity index (χ0) is 17.1. The first-order chi connectivity index (χ1) is 11.5. The van der Waals surface area contributed by atoms with Crippen molar-refractivity contribution in [2.75, 3.05) is 13.1 Å². The number of carbonyl (C=O) groups excluding carboxylic acids is 1. The van der Waals surface area contributed by atoms with Gasteiger partial charge in [0, 0.05) is 20.1 Å². The SMILES string of the molecule is C[C@H](NC(=O)N1CC=C(c2ccc(O)cc2)CC1)c1nncn1C. The minimum Gasteiger partial charge on any atom is -0.508 e. The second-order valence-corrected chi connectivity index (χ2v) is 5.94. The molecule has 126 valence electrons. The van der Waals surface area contributed by atoms with Gasteiger partial charge in [0.25, 0.3) is 0 Å². The van der Waals surface area contributed by atoms with Gasteiger partial charge < -0.3 is 19.9 Å². The van der Waals surface area contributed by atoms with E-state index in [-0.39, 0.29) is 17.8 Å². The van der Waals surface area contributed by atoms with Crippen molar-refractivity contribution in [2.24, 2.45) is 7.05 Å². The Hall–Kier alpha value is -2.83. The van der Waals surface area contributed by atoms with E-state index in [1.807, 2.05) is 26.1 Å². The molecule has 0 fully saturated rings. The van der Waals surface area contributed by atoms with Crippen LogP contribution in [-0.2, 0) is 7.05 Å². The Bertz CT molecular complexity index is 751. The van der Waals surface area contributed by atoms with Crippen LogP contribution in [0.2, 0.25) is 0 Å². The van der Waals surface area contributed by atoms with E-state index in [4.69, 9.17) is 0 Å². The van der Waals surface area contributed by atoms with Crippen LogP contribution in [0.4, 0.5) is 4.79 Å². The molecule has 0 spiro atoms. The summed E-state index contributed by atoms with van der Waals surface area (Å²) in [7, 11) is 1.85. The quantitative estimate of drug-likeness (QED) is 0.904. The summed E-state index contributed by atoms with van der Waals surface area (Å²) < 4.78 is 1.80. The van der Waals surface area contributed by atoms with Gasteiger partial charge in [0.05, 0.1) is 6.04 Å². The Kier molecular flexibility index (Phi) is 4.50. The molecule has 0 bridgehead atoms. The lowest BCUT2D eigenvalue weighted by molar-refractivity contribution is 0.199. The van der Waals surface area contributed by atoms with Crippen molar-refractivity contribution in [1.29, 1.82) is 0 Å². The van der Waals surface area contributed by atoms with Crippen molar-refractivity contribution in [1.82, 2.24) is 25.0 Å². The molecule has 0 radical (unpaired) electrons. The van der Waals surface area contributed by atoms with Gasteiger partial charge in [-0.05, 0) is 36.6 Å². The lowest BCUT2D eigenvalue weighted by Gasteiger charge is -2.28. The van der Waals surface area contributed by atoms with Crippen molar-refractivity contribution in [3.05, 3.63) is 48.1 Å². The lowest BCUT2D eigenvalue weighted by Crippen LogP contribution is -2.43. The minimum atomic E-state index is -0.201. The highest BCUT2D eigenvalue weighted by Crippen LogP contribution is 2.24. The van der Waals surface area contributed by atoms with Crippen LogP contribution in [0.3, 0.4) is 0 Å². The standard InChI is InChI=1S/C17H21N5O2/c1-12(16-20-18-11-21(16)2)19-17(24)22-9-7-14(8-10-22)13-3-5-15(23)6-4-13/h3-7,11-12,23H,8-10H2,1-2H3,(H,19,24)/t12-/m0/s1. The number of hydrogen-bond donors (Lipinski definition) is 2. The molecule has 1 aliphatic rings. The number of hydrogen-bond acceptors (Lipinski definition) is 4. The number of aryl methyl sites for hydroxylation is 1. The first-order valence-electron chi connectivity index (χ1n) is 7.92. The van der Waals surface area contributed by atoms with Crippen molar-refractivity contribution in [3.8, 4) is 5.75 Å². The van der Waals surface area contributed by atoms with Gasteiger partial charge in [-0.25, -0.2) is 4.79 Å². The number of nitrogens with one attached hydrogen (secondary N) is 1. The topological polar surface area (TPSA) is 83.3 Å². The van der Waals surface area contributed by atoms with Crippen LogP contribution >= 0.6 is 0 Å².